The van der Waals surface area contributed by atoms with Gasteiger partial charge in [0.15, 0.2) is 0 Å². The van der Waals surface area contributed by atoms with E-state index in [2.05, 4.69) is 15.9 Å². The predicted molar refractivity (Wildman–Crippen MR) is 63.7 cm³/mol. The van der Waals surface area contributed by atoms with Gasteiger partial charge in [-0.1, -0.05) is 0 Å². The quantitative estimate of drug-likeness (QED) is 0.764. The van der Waals surface area contributed by atoms with Crippen LogP contribution in [0.1, 0.15) is 5.56 Å². The molecule has 1 aliphatic rings. The van der Waals surface area contributed by atoms with E-state index in [1.165, 1.54) is 12.1 Å². The molecule has 0 aromatic heterocycles. The lowest BCUT2D eigenvalue weighted by Gasteiger charge is -2.33. The first-order valence-electron chi connectivity index (χ1n) is 5.94. The molecule has 0 spiro atoms. The van der Waals surface area contributed by atoms with Crippen molar-refractivity contribution < 1.29 is 8.78 Å². The third kappa shape index (κ3) is 3.49. The summed E-state index contributed by atoms with van der Waals surface area (Å²) in [7, 11) is 0. The molecule has 0 aliphatic carbocycles. The van der Waals surface area contributed by atoms with Crippen LogP contribution < -0.4 is 0 Å². The summed E-state index contributed by atoms with van der Waals surface area (Å²) in [6.45, 7) is 4.29. The second kappa shape index (κ2) is 5.89. The fourth-order valence-corrected chi connectivity index (χ4v) is 2.17. The number of nitriles is 1. The van der Waals surface area contributed by atoms with Crippen molar-refractivity contribution in [3.63, 3.8) is 0 Å². The van der Waals surface area contributed by atoms with Gasteiger partial charge in [0.05, 0.1) is 12.6 Å². The van der Waals surface area contributed by atoms with E-state index in [1.54, 1.807) is 0 Å². The molecule has 1 aliphatic heterocycles. The Bertz CT molecular complexity index is 428. The molecule has 0 amide bonds. The van der Waals surface area contributed by atoms with E-state index in [9.17, 15) is 8.78 Å². The summed E-state index contributed by atoms with van der Waals surface area (Å²) in [6.07, 6.45) is 0. The zero-order valence-electron chi connectivity index (χ0n) is 10.1. The Morgan fingerprint density at radius 2 is 1.56 bits per heavy atom. The zero-order valence-corrected chi connectivity index (χ0v) is 10.1. The van der Waals surface area contributed by atoms with Crippen LogP contribution >= 0.6 is 0 Å². The SMILES string of the molecule is N#CCN1CCN(Cc2cc(F)cc(F)c2)CC1. The normalized spacial score (nSPS) is 17.6. The van der Waals surface area contributed by atoms with Gasteiger partial charge in [0.2, 0.25) is 0 Å². The molecule has 18 heavy (non-hydrogen) atoms. The van der Waals surface area contributed by atoms with Crippen molar-refractivity contribution in [1.29, 1.82) is 5.26 Å². The third-order valence-electron chi connectivity index (χ3n) is 3.09. The Morgan fingerprint density at radius 3 is 2.11 bits per heavy atom. The largest absolute Gasteiger partial charge is 0.297 e. The summed E-state index contributed by atoms with van der Waals surface area (Å²) in [5.74, 6) is -1.07. The highest BCUT2D eigenvalue weighted by molar-refractivity contribution is 5.17. The first-order chi connectivity index (χ1) is 8.67. The number of piperazine rings is 1. The second-order valence-corrected chi connectivity index (χ2v) is 4.49. The Hall–Kier alpha value is -1.51. The molecule has 0 N–H and O–H groups in total. The van der Waals surface area contributed by atoms with Crippen LogP contribution in [-0.4, -0.2) is 42.5 Å². The minimum atomic E-state index is -0.534. The number of hydrogen-bond acceptors (Lipinski definition) is 3. The van der Waals surface area contributed by atoms with Crippen molar-refractivity contribution >= 4 is 0 Å². The molecule has 5 heteroatoms. The van der Waals surface area contributed by atoms with Crippen LogP contribution in [-0.2, 0) is 6.54 Å². The predicted octanol–water partition coefficient (Wildman–Crippen LogP) is 1.61. The summed E-state index contributed by atoms with van der Waals surface area (Å²) < 4.78 is 26.1. The highest BCUT2D eigenvalue weighted by Gasteiger charge is 2.16. The van der Waals surface area contributed by atoms with Crippen molar-refractivity contribution in [3.8, 4) is 6.07 Å². The van der Waals surface area contributed by atoms with Crippen molar-refractivity contribution in [2.75, 3.05) is 32.7 Å². The summed E-state index contributed by atoms with van der Waals surface area (Å²) in [5, 5.41) is 8.59. The van der Waals surface area contributed by atoms with Crippen LogP contribution in [0.25, 0.3) is 0 Å². The van der Waals surface area contributed by atoms with Gasteiger partial charge in [-0.2, -0.15) is 5.26 Å². The van der Waals surface area contributed by atoms with E-state index < -0.39 is 11.6 Å². The molecule has 1 aromatic rings. The van der Waals surface area contributed by atoms with Crippen molar-refractivity contribution in [2.45, 2.75) is 6.54 Å². The maximum absolute atomic E-state index is 13.0. The molecule has 0 atom stereocenters. The van der Waals surface area contributed by atoms with Gasteiger partial charge in [-0.15, -0.1) is 0 Å². The van der Waals surface area contributed by atoms with E-state index in [1.807, 2.05) is 0 Å². The second-order valence-electron chi connectivity index (χ2n) is 4.49. The number of benzene rings is 1. The molecule has 3 nitrogen and oxygen atoms in total. The highest BCUT2D eigenvalue weighted by Crippen LogP contribution is 2.12. The van der Waals surface area contributed by atoms with Gasteiger partial charge in [0, 0.05) is 38.8 Å². The number of rotatable bonds is 3. The fourth-order valence-electron chi connectivity index (χ4n) is 2.17. The molecule has 2 rings (SSSR count). The van der Waals surface area contributed by atoms with Crippen LogP contribution in [0.2, 0.25) is 0 Å². The van der Waals surface area contributed by atoms with E-state index in [0.717, 1.165) is 32.2 Å². The van der Waals surface area contributed by atoms with Crippen molar-refractivity contribution in [2.24, 2.45) is 0 Å². The van der Waals surface area contributed by atoms with Gasteiger partial charge in [0.1, 0.15) is 11.6 Å². The smallest absolute Gasteiger partial charge is 0.126 e. The molecule has 0 radical (unpaired) electrons. The molecule has 1 heterocycles. The van der Waals surface area contributed by atoms with Gasteiger partial charge in [-0.05, 0) is 17.7 Å². The van der Waals surface area contributed by atoms with E-state index in [-0.39, 0.29) is 0 Å². The monoisotopic (exact) mass is 251 g/mol. The van der Waals surface area contributed by atoms with Gasteiger partial charge >= 0.3 is 0 Å². The van der Waals surface area contributed by atoms with E-state index >= 15 is 0 Å². The summed E-state index contributed by atoms with van der Waals surface area (Å²) >= 11 is 0. The highest BCUT2D eigenvalue weighted by atomic mass is 19.1. The fraction of sp³-hybridized carbons (Fsp3) is 0.462. The van der Waals surface area contributed by atoms with Crippen LogP contribution in [0.4, 0.5) is 8.78 Å². The maximum atomic E-state index is 13.0. The lowest BCUT2D eigenvalue weighted by Crippen LogP contribution is -2.45. The third-order valence-corrected chi connectivity index (χ3v) is 3.09. The minimum absolute atomic E-state index is 0.447. The molecule has 1 aromatic carbocycles. The Balaban J connectivity index is 1.90. The van der Waals surface area contributed by atoms with Crippen molar-refractivity contribution in [3.05, 3.63) is 35.4 Å². The molecule has 0 unspecified atom stereocenters. The molecular weight excluding hydrogens is 236 g/mol. The average molecular weight is 251 g/mol. The van der Waals surface area contributed by atoms with Gasteiger partial charge in [-0.3, -0.25) is 9.80 Å². The molecule has 1 fully saturated rings. The molecule has 1 saturated heterocycles. The lowest BCUT2D eigenvalue weighted by molar-refractivity contribution is 0.138. The topological polar surface area (TPSA) is 30.3 Å². The van der Waals surface area contributed by atoms with E-state index in [0.29, 0.717) is 18.7 Å². The van der Waals surface area contributed by atoms with Gasteiger partial charge in [-0.25, -0.2) is 8.78 Å². The van der Waals surface area contributed by atoms with Crippen LogP contribution in [0.15, 0.2) is 18.2 Å². The maximum Gasteiger partial charge on any atom is 0.126 e. The van der Waals surface area contributed by atoms with Crippen LogP contribution in [0.3, 0.4) is 0 Å². The van der Waals surface area contributed by atoms with E-state index in [4.69, 9.17) is 5.26 Å². The Morgan fingerprint density at radius 1 is 1.00 bits per heavy atom. The first kappa shape index (κ1) is 12.9. The van der Waals surface area contributed by atoms with Crippen molar-refractivity contribution in [1.82, 2.24) is 9.80 Å². The molecule has 96 valence electrons. The zero-order chi connectivity index (χ0) is 13.0. The number of halogens is 2. The van der Waals surface area contributed by atoms with Gasteiger partial charge < -0.3 is 0 Å². The Kier molecular flexibility index (Phi) is 4.24. The first-order valence-corrected chi connectivity index (χ1v) is 5.94. The van der Waals surface area contributed by atoms with Crippen LogP contribution in [0, 0.1) is 23.0 Å². The van der Waals surface area contributed by atoms with Crippen LogP contribution in [0.5, 0.6) is 0 Å². The molecular formula is C13H15F2N3. The standard InChI is InChI=1S/C13H15F2N3/c14-12-7-11(8-13(15)9-12)10-18-5-3-17(2-1-16)4-6-18/h7-9H,2-6,10H2. The number of nitrogens with zero attached hydrogens (tertiary/aromatic N) is 3. The molecule has 0 bridgehead atoms. The minimum Gasteiger partial charge on any atom is -0.297 e. The summed E-state index contributed by atoms with van der Waals surface area (Å²) in [6, 6.07) is 5.74. The Labute approximate surface area is 105 Å². The summed E-state index contributed by atoms with van der Waals surface area (Å²) in [4.78, 5) is 4.21. The summed E-state index contributed by atoms with van der Waals surface area (Å²) in [5.41, 5.74) is 0.654. The molecule has 0 saturated carbocycles. The van der Waals surface area contributed by atoms with Gasteiger partial charge in [0.25, 0.3) is 0 Å². The number of hydrogen-bond donors (Lipinski definition) is 0. The lowest BCUT2D eigenvalue weighted by atomic mass is 10.2. The average Bonchev–Trinajstić information content (AvgIpc) is 2.31.